The van der Waals surface area contributed by atoms with Crippen LogP contribution in [0, 0.1) is 0 Å². The molecule has 0 saturated carbocycles. The van der Waals surface area contributed by atoms with E-state index in [-0.39, 0.29) is 17.2 Å². The Morgan fingerprint density at radius 1 is 0.750 bits per heavy atom. The fourth-order valence-corrected chi connectivity index (χ4v) is 1.74. The van der Waals surface area contributed by atoms with Crippen LogP contribution in [0.3, 0.4) is 0 Å². The van der Waals surface area contributed by atoms with Crippen LogP contribution in [0.5, 0.6) is 28.7 Å². The van der Waals surface area contributed by atoms with Crippen LogP contribution in [-0.4, -0.2) is 26.5 Å². The van der Waals surface area contributed by atoms with Crippen molar-refractivity contribution in [2.75, 3.05) is 14.2 Å². The second-order valence-electron chi connectivity index (χ2n) is 4.30. The van der Waals surface area contributed by atoms with E-state index in [1.54, 1.807) is 12.1 Å². The first-order valence-corrected chi connectivity index (χ1v) is 6.62. The molecule has 125 valence electrons. The highest BCUT2D eigenvalue weighted by Gasteiger charge is 2.17. The van der Waals surface area contributed by atoms with Crippen LogP contribution in [0.15, 0.2) is 42.5 Å². The highest BCUT2D eigenvalue weighted by atomic mass is 16.7. The van der Waals surface area contributed by atoms with Gasteiger partial charge in [-0.05, 0) is 24.3 Å². The van der Waals surface area contributed by atoms with Crippen molar-refractivity contribution in [1.82, 2.24) is 0 Å². The van der Waals surface area contributed by atoms with Crippen molar-refractivity contribution in [2.45, 2.75) is 0 Å². The van der Waals surface area contributed by atoms with Crippen LogP contribution in [0.1, 0.15) is 0 Å². The minimum Gasteiger partial charge on any atom is -0.497 e. The summed E-state index contributed by atoms with van der Waals surface area (Å²) >= 11 is 0. The third-order valence-electron chi connectivity index (χ3n) is 2.78. The Hall–Kier alpha value is -3.42. The minimum atomic E-state index is -1.80. The van der Waals surface area contributed by atoms with E-state index in [1.807, 2.05) is 0 Å². The molecule has 0 aliphatic rings. The van der Waals surface area contributed by atoms with Crippen LogP contribution < -0.4 is 23.7 Å². The van der Waals surface area contributed by atoms with E-state index in [0.29, 0.717) is 11.5 Å². The molecule has 0 aromatic heterocycles. The smallest absolute Gasteiger partial charge is 0.497 e. The van der Waals surface area contributed by atoms with E-state index in [4.69, 9.17) is 18.9 Å². The lowest BCUT2D eigenvalue weighted by Crippen LogP contribution is -2.15. The van der Waals surface area contributed by atoms with E-state index in [2.05, 4.69) is 4.74 Å². The minimum absolute atomic E-state index is 0.185. The number of rotatable bonds is 5. The maximum absolute atomic E-state index is 11.9. The molecule has 1 radical (unpaired) electrons. The lowest BCUT2D eigenvalue weighted by atomic mass is 10.3. The van der Waals surface area contributed by atoms with Crippen LogP contribution in [0.25, 0.3) is 0 Å². The summed E-state index contributed by atoms with van der Waals surface area (Å²) in [6, 6.07) is 10.2. The Balaban J connectivity index is 2.15. The van der Waals surface area contributed by atoms with Gasteiger partial charge < -0.3 is 23.7 Å². The zero-order chi connectivity index (χ0) is 17.5. The molecule has 0 aliphatic carbocycles. The van der Waals surface area contributed by atoms with Gasteiger partial charge in [0.1, 0.15) is 17.2 Å². The molecule has 0 saturated heterocycles. The molecule has 2 aromatic rings. The van der Waals surface area contributed by atoms with Gasteiger partial charge in [0, 0.05) is 12.1 Å². The summed E-state index contributed by atoms with van der Waals surface area (Å²) in [7, 11) is 2.87. The van der Waals surface area contributed by atoms with Crippen LogP contribution >= 0.6 is 0 Å². The fourth-order valence-electron chi connectivity index (χ4n) is 1.74. The van der Waals surface area contributed by atoms with E-state index < -0.39 is 12.3 Å². The predicted octanol–water partition coefficient (Wildman–Crippen LogP) is 3.21. The first-order chi connectivity index (χ1) is 11.5. The Bertz CT molecular complexity index is 741. The normalized spacial score (nSPS) is 9.75. The van der Waals surface area contributed by atoms with Gasteiger partial charge in [-0.3, -0.25) is 0 Å². The monoisotopic (exact) mass is 333 g/mol. The molecule has 2 rings (SSSR count). The largest absolute Gasteiger partial charge is 0.555 e. The van der Waals surface area contributed by atoms with Crippen molar-refractivity contribution in [1.29, 1.82) is 0 Å². The molecule has 2 aromatic carbocycles. The van der Waals surface area contributed by atoms with Crippen LogP contribution in [0.2, 0.25) is 0 Å². The second-order valence-corrected chi connectivity index (χ2v) is 4.30. The topological polar surface area (TPSA) is 100 Å². The van der Waals surface area contributed by atoms with Gasteiger partial charge in [0.25, 0.3) is 0 Å². The Kier molecular flexibility index (Phi) is 5.45. The zero-order valence-electron chi connectivity index (χ0n) is 12.8. The molecular weight excluding hydrogens is 320 g/mol. The fraction of sp³-hybridized carbons (Fsp3) is 0.125. The molecule has 0 aliphatic heterocycles. The number of benzene rings is 2. The predicted molar refractivity (Wildman–Crippen MR) is 79.4 cm³/mol. The van der Waals surface area contributed by atoms with E-state index in [0.717, 1.165) is 0 Å². The van der Waals surface area contributed by atoms with Crippen molar-refractivity contribution in [2.24, 2.45) is 0 Å². The average Bonchev–Trinajstić information content (AvgIpc) is 2.56. The number of carbonyl (C=O) groups is 2. The summed E-state index contributed by atoms with van der Waals surface area (Å²) in [6.07, 6.45) is -2.90. The summed E-state index contributed by atoms with van der Waals surface area (Å²) in [4.78, 5) is 22.4. The first kappa shape index (κ1) is 16.9. The summed E-state index contributed by atoms with van der Waals surface area (Å²) < 4.78 is 24.4. The maximum Gasteiger partial charge on any atom is 0.555 e. The molecule has 0 spiro atoms. The van der Waals surface area contributed by atoms with Gasteiger partial charge in [0.05, 0.1) is 14.2 Å². The van der Waals surface area contributed by atoms with Crippen molar-refractivity contribution in [3.63, 3.8) is 0 Å². The molecular formula is C16H13O8. The second kappa shape index (κ2) is 7.73. The molecule has 0 heterocycles. The summed E-state index contributed by atoms with van der Waals surface area (Å²) in [5.74, 6) is 0.557. The summed E-state index contributed by atoms with van der Waals surface area (Å²) in [5, 5.41) is 10.6. The van der Waals surface area contributed by atoms with Gasteiger partial charge in [0.2, 0.25) is 0 Å². The standard InChI is InChI=1S/C16H13O8/c1-20-10-4-3-5-12(8-10)22-16(19)24-14-9-11(21-2)6-7-13(14)23-15(17)18/h3-9H,1-2H3. The highest BCUT2D eigenvalue weighted by molar-refractivity contribution is 5.70. The highest BCUT2D eigenvalue weighted by Crippen LogP contribution is 2.32. The average molecular weight is 333 g/mol. The molecule has 0 fully saturated rings. The first-order valence-electron chi connectivity index (χ1n) is 6.62. The van der Waals surface area contributed by atoms with Gasteiger partial charge in [-0.25, -0.2) is 4.79 Å². The van der Waals surface area contributed by atoms with Crippen LogP contribution in [-0.2, 0) is 5.11 Å². The van der Waals surface area contributed by atoms with E-state index in [9.17, 15) is 14.7 Å². The van der Waals surface area contributed by atoms with Gasteiger partial charge in [0.15, 0.2) is 11.5 Å². The number of methoxy groups -OCH3 is 2. The number of carbonyl (C=O) groups excluding carboxylic acids is 2. The molecule has 0 unspecified atom stereocenters. The Morgan fingerprint density at radius 2 is 1.42 bits per heavy atom. The lowest BCUT2D eigenvalue weighted by Gasteiger charge is -2.10. The van der Waals surface area contributed by atoms with Gasteiger partial charge >= 0.3 is 12.3 Å². The number of hydrogen-bond acceptors (Lipinski definition) is 7. The Labute approximate surface area is 137 Å². The molecule has 0 atom stereocenters. The molecule has 8 heteroatoms. The van der Waals surface area contributed by atoms with Gasteiger partial charge in [-0.15, -0.1) is 0 Å². The van der Waals surface area contributed by atoms with E-state index in [1.165, 1.54) is 44.6 Å². The van der Waals surface area contributed by atoms with Crippen molar-refractivity contribution in [3.8, 4) is 28.7 Å². The lowest BCUT2D eigenvalue weighted by molar-refractivity contribution is 0.113. The summed E-state index contributed by atoms with van der Waals surface area (Å²) in [5.41, 5.74) is 0. The van der Waals surface area contributed by atoms with Gasteiger partial charge in [-0.1, -0.05) is 6.07 Å². The quantitative estimate of drug-likeness (QED) is 0.611. The zero-order valence-corrected chi connectivity index (χ0v) is 12.8. The van der Waals surface area contributed by atoms with Gasteiger partial charge in [-0.2, -0.15) is 9.90 Å². The van der Waals surface area contributed by atoms with Crippen molar-refractivity contribution >= 4 is 12.3 Å². The third-order valence-corrected chi connectivity index (χ3v) is 2.78. The molecule has 24 heavy (non-hydrogen) atoms. The Morgan fingerprint density at radius 3 is 2.08 bits per heavy atom. The van der Waals surface area contributed by atoms with Crippen LogP contribution in [0.4, 0.5) is 9.59 Å². The van der Waals surface area contributed by atoms with E-state index >= 15 is 0 Å². The maximum atomic E-state index is 11.9. The SMILES string of the molecule is COc1cccc(OC(=O)Oc2cc(OC)ccc2OC([O])=O)c1. The molecule has 0 bridgehead atoms. The molecule has 0 amide bonds. The third kappa shape index (κ3) is 4.54. The van der Waals surface area contributed by atoms with Crippen molar-refractivity contribution in [3.05, 3.63) is 42.5 Å². The number of ether oxygens (including phenoxy) is 5. The van der Waals surface area contributed by atoms with Crippen molar-refractivity contribution < 1.29 is 38.4 Å². The molecule has 8 nitrogen and oxygen atoms in total. The summed E-state index contributed by atoms with van der Waals surface area (Å²) in [6.45, 7) is 0. The molecule has 0 N–H and O–H groups in total. The number of hydrogen-bond donors (Lipinski definition) is 0.